The van der Waals surface area contributed by atoms with Crippen LogP contribution in [0.2, 0.25) is 0 Å². The molecule has 0 aromatic carbocycles. The van der Waals surface area contributed by atoms with E-state index in [1.807, 2.05) is 0 Å². The summed E-state index contributed by atoms with van der Waals surface area (Å²) in [7, 11) is 2.53. The summed E-state index contributed by atoms with van der Waals surface area (Å²) in [5, 5.41) is 0. The van der Waals surface area contributed by atoms with E-state index in [1.165, 1.54) is 14.2 Å². The molecule has 0 saturated carbocycles. The molecule has 0 aromatic heterocycles. The van der Waals surface area contributed by atoms with Crippen LogP contribution in [0.15, 0.2) is 11.1 Å². The fourth-order valence-corrected chi connectivity index (χ4v) is 1.94. The number of methoxy groups -OCH3 is 2. The molecular formula is C14H20O6. The Morgan fingerprint density at radius 2 is 1.50 bits per heavy atom. The number of hydrogen-bond donors (Lipinski definition) is 0. The molecule has 0 unspecified atom stereocenters. The molecule has 1 rings (SSSR count). The third-order valence-electron chi connectivity index (χ3n) is 3.33. The second kappa shape index (κ2) is 5.26. The fraction of sp³-hybridized carbons (Fsp3) is 0.643. The number of hydrogen-bond acceptors (Lipinski definition) is 6. The van der Waals surface area contributed by atoms with Crippen LogP contribution in [0.1, 0.15) is 27.7 Å². The topological polar surface area (TPSA) is 78.9 Å². The van der Waals surface area contributed by atoms with Crippen LogP contribution in [0.3, 0.4) is 0 Å². The van der Waals surface area contributed by atoms with Crippen LogP contribution in [0.5, 0.6) is 0 Å². The summed E-state index contributed by atoms with van der Waals surface area (Å²) in [6, 6.07) is 0. The molecule has 0 amide bonds. The van der Waals surface area contributed by atoms with Crippen molar-refractivity contribution in [1.82, 2.24) is 0 Å². The second-order valence-corrected chi connectivity index (χ2v) is 5.82. The molecule has 0 spiro atoms. The Morgan fingerprint density at radius 3 is 1.95 bits per heavy atom. The van der Waals surface area contributed by atoms with Crippen molar-refractivity contribution in [2.45, 2.75) is 27.7 Å². The van der Waals surface area contributed by atoms with Gasteiger partial charge in [-0.1, -0.05) is 13.8 Å². The summed E-state index contributed by atoms with van der Waals surface area (Å²) in [6.45, 7) is 6.58. The SMILES string of the molecule is COC(=O)C1=C(C(=O)OCC(C)(C)C(=O)OC)C1(C)C. The molecule has 0 aromatic rings. The van der Waals surface area contributed by atoms with Gasteiger partial charge in [-0.05, 0) is 13.8 Å². The summed E-state index contributed by atoms with van der Waals surface area (Å²) >= 11 is 0. The van der Waals surface area contributed by atoms with Crippen LogP contribution in [0.4, 0.5) is 0 Å². The Hall–Kier alpha value is -1.85. The summed E-state index contributed by atoms with van der Waals surface area (Å²) in [5.41, 5.74) is -0.958. The minimum atomic E-state index is -0.935. The highest BCUT2D eigenvalue weighted by Crippen LogP contribution is 2.53. The lowest BCUT2D eigenvalue weighted by molar-refractivity contribution is -0.157. The van der Waals surface area contributed by atoms with Gasteiger partial charge in [0.1, 0.15) is 6.61 Å². The van der Waals surface area contributed by atoms with Crippen molar-refractivity contribution >= 4 is 17.9 Å². The third kappa shape index (κ3) is 2.84. The molecule has 0 radical (unpaired) electrons. The molecule has 0 bridgehead atoms. The Morgan fingerprint density at radius 1 is 1.00 bits per heavy atom. The van der Waals surface area contributed by atoms with Gasteiger partial charge in [0.25, 0.3) is 0 Å². The highest BCUT2D eigenvalue weighted by molar-refractivity contribution is 6.11. The summed E-state index contributed by atoms with van der Waals surface area (Å²) in [6.07, 6.45) is 0. The van der Waals surface area contributed by atoms with E-state index in [0.29, 0.717) is 11.1 Å². The molecule has 1 aliphatic carbocycles. The largest absolute Gasteiger partial charge is 0.469 e. The van der Waals surface area contributed by atoms with E-state index in [2.05, 4.69) is 9.47 Å². The van der Waals surface area contributed by atoms with Crippen LogP contribution in [-0.4, -0.2) is 38.7 Å². The zero-order chi connectivity index (χ0) is 15.7. The zero-order valence-electron chi connectivity index (χ0n) is 12.7. The van der Waals surface area contributed by atoms with Crippen molar-refractivity contribution in [2.75, 3.05) is 20.8 Å². The number of carbonyl (C=O) groups excluding carboxylic acids is 3. The first-order valence-corrected chi connectivity index (χ1v) is 6.18. The van der Waals surface area contributed by atoms with Gasteiger partial charge in [0, 0.05) is 5.41 Å². The van der Waals surface area contributed by atoms with Gasteiger partial charge in [-0.25, -0.2) is 9.59 Å². The molecular weight excluding hydrogens is 264 g/mol. The highest BCUT2D eigenvalue weighted by Gasteiger charge is 2.54. The van der Waals surface area contributed by atoms with E-state index in [4.69, 9.17) is 4.74 Å². The smallest absolute Gasteiger partial charge is 0.335 e. The first kappa shape index (κ1) is 16.2. The Bertz CT molecular complexity index is 484. The normalized spacial score (nSPS) is 16.5. The zero-order valence-corrected chi connectivity index (χ0v) is 12.7. The van der Waals surface area contributed by atoms with E-state index >= 15 is 0 Å². The van der Waals surface area contributed by atoms with Gasteiger partial charge in [0.05, 0.1) is 30.8 Å². The molecule has 0 aliphatic heterocycles. The molecule has 6 heteroatoms. The van der Waals surface area contributed by atoms with Crippen LogP contribution >= 0.6 is 0 Å². The number of carbonyl (C=O) groups is 3. The van der Waals surface area contributed by atoms with Crippen molar-refractivity contribution in [1.29, 1.82) is 0 Å². The molecule has 0 heterocycles. The summed E-state index contributed by atoms with van der Waals surface area (Å²) < 4.78 is 14.3. The maximum absolute atomic E-state index is 12.0. The van der Waals surface area contributed by atoms with E-state index in [1.54, 1.807) is 27.7 Å². The molecule has 6 nitrogen and oxygen atoms in total. The predicted octanol–water partition coefficient (Wildman–Crippen LogP) is 1.24. The first-order valence-electron chi connectivity index (χ1n) is 6.18. The monoisotopic (exact) mass is 284 g/mol. The van der Waals surface area contributed by atoms with Crippen LogP contribution < -0.4 is 0 Å². The quantitative estimate of drug-likeness (QED) is 0.558. The molecule has 0 atom stereocenters. The molecule has 0 fully saturated rings. The van der Waals surface area contributed by atoms with Crippen molar-refractivity contribution in [2.24, 2.45) is 10.8 Å². The Balaban J connectivity index is 2.72. The van der Waals surface area contributed by atoms with Crippen molar-refractivity contribution in [3.63, 3.8) is 0 Å². The third-order valence-corrected chi connectivity index (χ3v) is 3.33. The van der Waals surface area contributed by atoms with Gasteiger partial charge in [-0.3, -0.25) is 4.79 Å². The molecule has 0 N–H and O–H groups in total. The average Bonchev–Trinajstić information content (AvgIpc) is 2.96. The minimum Gasteiger partial charge on any atom is -0.469 e. The average molecular weight is 284 g/mol. The lowest BCUT2D eigenvalue weighted by Crippen LogP contribution is -2.32. The van der Waals surface area contributed by atoms with Gasteiger partial charge in [0.15, 0.2) is 0 Å². The molecule has 0 saturated heterocycles. The maximum atomic E-state index is 12.0. The second-order valence-electron chi connectivity index (χ2n) is 5.82. The lowest BCUT2D eigenvalue weighted by atomic mass is 9.95. The first-order chi connectivity index (χ1) is 9.09. The Labute approximate surface area is 118 Å². The number of esters is 3. The van der Waals surface area contributed by atoms with E-state index in [-0.39, 0.29) is 6.61 Å². The molecule has 112 valence electrons. The fourth-order valence-electron chi connectivity index (χ4n) is 1.94. The standard InChI is InChI=1S/C14H20O6/c1-13(2,12(17)19-6)7-20-11(16)9-8(10(15)18-5)14(9,3)4/h7H2,1-6H3. The number of rotatable bonds is 5. The van der Waals surface area contributed by atoms with E-state index in [9.17, 15) is 14.4 Å². The Kier molecular flexibility index (Phi) is 4.27. The van der Waals surface area contributed by atoms with Gasteiger partial charge < -0.3 is 14.2 Å². The summed E-state index contributed by atoms with van der Waals surface area (Å²) in [4.78, 5) is 34.9. The van der Waals surface area contributed by atoms with Crippen molar-refractivity contribution in [3.05, 3.63) is 11.1 Å². The lowest BCUT2D eigenvalue weighted by Gasteiger charge is -2.20. The van der Waals surface area contributed by atoms with Crippen molar-refractivity contribution in [3.8, 4) is 0 Å². The van der Waals surface area contributed by atoms with Gasteiger partial charge in [-0.2, -0.15) is 0 Å². The minimum absolute atomic E-state index is 0.119. The maximum Gasteiger partial charge on any atom is 0.335 e. The van der Waals surface area contributed by atoms with Crippen LogP contribution in [0, 0.1) is 10.8 Å². The van der Waals surface area contributed by atoms with Crippen LogP contribution in [-0.2, 0) is 28.6 Å². The van der Waals surface area contributed by atoms with Gasteiger partial charge in [-0.15, -0.1) is 0 Å². The van der Waals surface area contributed by atoms with Crippen LogP contribution in [0.25, 0.3) is 0 Å². The molecule has 1 aliphatic rings. The predicted molar refractivity (Wildman–Crippen MR) is 69.6 cm³/mol. The van der Waals surface area contributed by atoms with Gasteiger partial charge >= 0.3 is 17.9 Å². The van der Waals surface area contributed by atoms with Crippen molar-refractivity contribution < 1.29 is 28.6 Å². The summed E-state index contributed by atoms with van der Waals surface area (Å²) in [5.74, 6) is -1.61. The number of ether oxygens (including phenoxy) is 3. The highest BCUT2D eigenvalue weighted by atomic mass is 16.5. The van der Waals surface area contributed by atoms with Gasteiger partial charge in [0.2, 0.25) is 0 Å². The van der Waals surface area contributed by atoms with E-state index in [0.717, 1.165) is 0 Å². The van der Waals surface area contributed by atoms with E-state index < -0.39 is 28.7 Å². The molecule has 20 heavy (non-hydrogen) atoms.